The molecule has 1 saturated heterocycles. The third kappa shape index (κ3) is 6.02. The van der Waals surface area contributed by atoms with Gasteiger partial charge in [0.15, 0.2) is 18.1 Å². The molecule has 1 aliphatic rings. The summed E-state index contributed by atoms with van der Waals surface area (Å²) in [6.45, 7) is 1.10. The number of nitriles is 1. The maximum Gasteiger partial charge on any atom is 0.264 e. The van der Waals surface area contributed by atoms with Gasteiger partial charge in [-0.05, 0) is 70.7 Å². The fraction of sp³-hybridized carbons (Fsp3) is 0.261. The van der Waals surface area contributed by atoms with Crippen molar-refractivity contribution in [1.29, 1.82) is 5.26 Å². The Morgan fingerprint density at radius 2 is 1.97 bits per heavy atom. The van der Waals surface area contributed by atoms with Crippen LogP contribution in [-0.4, -0.2) is 43.5 Å². The number of halogens is 2. The quantitative estimate of drug-likeness (QED) is 0.425. The van der Waals surface area contributed by atoms with Crippen molar-refractivity contribution < 1.29 is 19.1 Å². The molecule has 32 heavy (non-hydrogen) atoms. The third-order valence-electron chi connectivity index (χ3n) is 4.80. The van der Waals surface area contributed by atoms with Gasteiger partial charge in [0.05, 0.1) is 12.1 Å². The minimum Gasteiger partial charge on any atom is -0.493 e. The number of rotatable bonds is 7. The van der Waals surface area contributed by atoms with Crippen molar-refractivity contribution >= 4 is 51.1 Å². The lowest BCUT2D eigenvalue weighted by Gasteiger charge is -2.14. The number of ether oxygens (including phenoxy) is 2. The zero-order valence-corrected chi connectivity index (χ0v) is 19.7. The monoisotopic (exact) mass is 517 g/mol. The lowest BCUT2D eigenvalue weighted by atomic mass is 10.1. The summed E-state index contributed by atoms with van der Waals surface area (Å²) in [7, 11) is 1.47. The van der Waals surface area contributed by atoms with Crippen LogP contribution in [0.4, 0.5) is 5.69 Å². The minimum absolute atomic E-state index is 0.0650. The molecule has 2 aromatic rings. The molecule has 166 valence electrons. The molecule has 0 unspecified atom stereocenters. The molecule has 1 fully saturated rings. The number of benzene rings is 2. The first-order chi connectivity index (χ1) is 15.4. The molecule has 1 heterocycles. The SMILES string of the molecule is COc1cc(/C=C(\C#N)C(=O)N2CCCC2)ccc1OCC(=O)Nc1ccc(Br)c(Cl)c1. The van der Waals surface area contributed by atoms with Gasteiger partial charge < -0.3 is 19.7 Å². The first kappa shape index (κ1) is 23.6. The summed E-state index contributed by atoms with van der Waals surface area (Å²) in [5.41, 5.74) is 1.23. The molecule has 0 radical (unpaired) electrons. The van der Waals surface area contributed by atoms with Gasteiger partial charge in [-0.2, -0.15) is 5.26 Å². The summed E-state index contributed by atoms with van der Waals surface area (Å²) >= 11 is 9.33. The van der Waals surface area contributed by atoms with Crippen LogP contribution < -0.4 is 14.8 Å². The average molecular weight is 519 g/mol. The van der Waals surface area contributed by atoms with Crippen LogP contribution in [-0.2, 0) is 9.59 Å². The van der Waals surface area contributed by atoms with E-state index in [-0.39, 0.29) is 24.0 Å². The zero-order valence-electron chi connectivity index (χ0n) is 17.4. The smallest absolute Gasteiger partial charge is 0.264 e. The van der Waals surface area contributed by atoms with Crippen LogP contribution in [0.25, 0.3) is 6.08 Å². The summed E-state index contributed by atoms with van der Waals surface area (Å²) in [4.78, 5) is 26.4. The minimum atomic E-state index is -0.364. The molecule has 0 bridgehead atoms. The Kier molecular flexibility index (Phi) is 8.14. The fourth-order valence-corrected chi connectivity index (χ4v) is 3.63. The standard InChI is InChI=1S/C23H21BrClN3O4/c1-31-21-11-15(10-16(13-26)23(30)28-8-2-3-9-28)4-7-20(21)32-14-22(29)27-17-5-6-18(24)19(25)12-17/h4-7,10-12H,2-3,8-9,14H2,1H3,(H,27,29)/b16-10+. The van der Waals surface area contributed by atoms with E-state index in [1.807, 2.05) is 6.07 Å². The lowest BCUT2D eigenvalue weighted by Crippen LogP contribution is -2.28. The van der Waals surface area contributed by atoms with Crippen LogP contribution >= 0.6 is 27.5 Å². The van der Waals surface area contributed by atoms with E-state index in [0.29, 0.717) is 40.9 Å². The van der Waals surface area contributed by atoms with Gasteiger partial charge >= 0.3 is 0 Å². The van der Waals surface area contributed by atoms with E-state index in [1.165, 1.54) is 13.2 Å². The van der Waals surface area contributed by atoms with Crippen molar-refractivity contribution in [2.75, 3.05) is 32.1 Å². The second kappa shape index (κ2) is 11.0. The van der Waals surface area contributed by atoms with Crippen molar-refractivity contribution in [3.63, 3.8) is 0 Å². The molecule has 7 nitrogen and oxygen atoms in total. The number of hydrogen-bond donors (Lipinski definition) is 1. The van der Waals surface area contributed by atoms with Crippen molar-refractivity contribution in [2.45, 2.75) is 12.8 Å². The topological polar surface area (TPSA) is 91.7 Å². The second-order valence-corrected chi connectivity index (χ2v) is 8.31. The third-order valence-corrected chi connectivity index (χ3v) is 6.04. The van der Waals surface area contributed by atoms with Crippen molar-refractivity contribution in [3.8, 4) is 17.6 Å². The largest absolute Gasteiger partial charge is 0.493 e. The zero-order chi connectivity index (χ0) is 23.1. The van der Waals surface area contributed by atoms with E-state index in [9.17, 15) is 14.9 Å². The number of hydrogen-bond acceptors (Lipinski definition) is 5. The number of likely N-dealkylation sites (tertiary alicyclic amines) is 1. The van der Waals surface area contributed by atoms with Gasteiger partial charge in [-0.1, -0.05) is 17.7 Å². The highest BCUT2D eigenvalue weighted by molar-refractivity contribution is 9.10. The Hall–Kier alpha value is -3.02. The number of nitrogens with one attached hydrogen (secondary N) is 1. The first-order valence-corrected chi connectivity index (χ1v) is 11.0. The predicted molar refractivity (Wildman–Crippen MR) is 126 cm³/mol. The number of amides is 2. The Balaban J connectivity index is 1.66. The van der Waals surface area contributed by atoms with Gasteiger partial charge in [0.1, 0.15) is 11.6 Å². The molecule has 1 N–H and O–H groups in total. The lowest BCUT2D eigenvalue weighted by molar-refractivity contribution is -0.125. The van der Waals surface area contributed by atoms with E-state index in [1.54, 1.807) is 41.3 Å². The van der Waals surface area contributed by atoms with Gasteiger partial charge in [0.2, 0.25) is 0 Å². The van der Waals surface area contributed by atoms with E-state index in [4.69, 9.17) is 21.1 Å². The van der Waals surface area contributed by atoms with Crippen LogP contribution in [0.15, 0.2) is 46.4 Å². The van der Waals surface area contributed by atoms with E-state index >= 15 is 0 Å². The van der Waals surface area contributed by atoms with Crippen LogP contribution in [0.2, 0.25) is 5.02 Å². The van der Waals surface area contributed by atoms with Crippen LogP contribution in [0.3, 0.4) is 0 Å². The van der Waals surface area contributed by atoms with E-state index in [2.05, 4.69) is 21.2 Å². The highest BCUT2D eigenvalue weighted by Crippen LogP contribution is 2.29. The normalized spacial score (nSPS) is 13.4. The summed E-state index contributed by atoms with van der Waals surface area (Å²) in [5.74, 6) is 0.105. The molecular weight excluding hydrogens is 498 g/mol. The molecule has 0 saturated carbocycles. The van der Waals surface area contributed by atoms with Crippen LogP contribution in [0, 0.1) is 11.3 Å². The van der Waals surface area contributed by atoms with E-state index in [0.717, 1.165) is 17.3 Å². The molecule has 9 heteroatoms. The fourth-order valence-electron chi connectivity index (χ4n) is 3.21. The van der Waals surface area contributed by atoms with Crippen molar-refractivity contribution in [1.82, 2.24) is 4.90 Å². The van der Waals surface area contributed by atoms with Crippen LogP contribution in [0.5, 0.6) is 11.5 Å². The number of anilines is 1. The summed E-state index contributed by atoms with van der Waals surface area (Å²) in [6, 6.07) is 12.0. The van der Waals surface area contributed by atoms with Gasteiger partial charge in [0, 0.05) is 23.2 Å². The maximum atomic E-state index is 12.5. The highest BCUT2D eigenvalue weighted by atomic mass is 79.9. The van der Waals surface area contributed by atoms with Crippen molar-refractivity contribution in [2.24, 2.45) is 0 Å². The number of methoxy groups -OCH3 is 1. The number of nitrogens with zero attached hydrogens (tertiary/aromatic N) is 2. The van der Waals surface area contributed by atoms with Gasteiger partial charge in [0.25, 0.3) is 11.8 Å². The molecule has 1 aliphatic heterocycles. The second-order valence-electron chi connectivity index (χ2n) is 7.05. The highest BCUT2D eigenvalue weighted by Gasteiger charge is 2.21. The molecule has 3 rings (SSSR count). The molecule has 0 aliphatic carbocycles. The number of carbonyl (C=O) groups is 2. The maximum absolute atomic E-state index is 12.5. The summed E-state index contributed by atoms with van der Waals surface area (Å²) in [5, 5.41) is 12.6. The Bertz CT molecular complexity index is 1090. The average Bonchev–Trinajstić information content (AvgIpc) is 3.33. The molecule has 2 amide bonds. The van der Waals surface area contributed by atoms with Gasteiger partial charge in [-0.25, -0.2) is 0 Å². The van der Waals surface area contributed by atoms with Crippen LogP contribution in [0.1, 0.15) is 18.4 Å². The molecule has 2 aromatic carbocycles. The summed E-state index contributed by atoms with van der Waals surface area (Å²) < 4.78 is 11.7. The summed E-state index contributed by atoms with van der Waals surface area (Å²) in [6.07, 6.45) is 3.43. The predicted octanol–water partition coefficient (Wildman–Crippen LogP) is 4.66. The van der Waals surface area contributed by atoms with Gasteiger partial charge in [-0.15, -0.1) is 0 Å². The van der Waals surface area contributed by atoms with Crippen molar-refractivity contribution in [3.05, 3.63) is 57.0 Å². The molecule has 0 spiro atoms. The Labute approximate surface area is 199 Å². The Morgan fingerprint density at radius 3 is 2.62 bits per heavy atom. The molecule has 0 aromatic heterocycles. The number of carbonyl (C=O) groups excluding carboxylic acids is 2. The Morgan fingerprint density at radius 1 is 1.22 bits per heavy atom. The first-order valence-electron chi connectivity index (χ1n) is 9.88. The molecular formula is C23H21BrClN3O4. The van der Waals surface area contributed by atoms with E-state index < -0.39 is 0 Å². The molecule has 0 atom stereocenters. The van der Waals surface area contributed by atoms with Gasteiger partial charge in [-0.3, -0.25) is 9.59 Å².